The Bertz CT molecular complexity index is 1930. The van der Waals surface area contributed by atoms with Crippen molar-refractivity contribution in [3.8, 4) is 11.8 Å². The monoisotopic (exact) mass is 692 g/mol. The molecule has 4 atom stereocenters. The van der Waals surface area contributed by atoms with Crippen molar-refractivity contribution in [2.24, 2.45) is 16.8 Å². The summed E-state index contributed by atoms with van der Waals surface area (Å²) < 4.78 is 4.69. The van der Waals surface area contributed by atoms with E-state index in [1.54, 1.807) is 4.90 Å². The molecule has 3 N–H and O–H groups in total. The molecule has 11 nitrogen and oxygen atoms in total. The number of aliphatic imine (C=N–C) groups is 1. The number of imidazole rings is 1. The number of ether oxygens (including phenoxy) is 1. The quantitative estimate of drug-likeness (QED) is 0.263. The van der Waals surface area contributed by atoms with E-state index in [1.165, 1.54) is 21.0 Å². The molecule has 0 spiro atoms. The van der Waals surface area contributed by atoms with Crippen molar-refractivity contribution in [1.82, 2.24) is 25.1 Å². The third-order valence-corrected chi connectivity index (χ3v) is 10.4. The van der Waals surface area contributed by atoms with Crippen LogP contribution in [-0.2, 0) is 14.3 Å². The summed E-state index contributed by atoms with van der Waals surface area (Å²) in [6, 6.07) is 12.6. The Hall–Kier alpha value is -4.95. The van der Waals surface area contributed by atoms with Gasteiger partial charge in [0.05, 0.1) is 35.8 Å². The van der Waals surface area contributed by atoms with Crippen LogP contribution >= 0.6 is 0 Å². The predicted molar refractivity (Wildman–Crippen MR) is 197 cm³/mol. The van der Waals surface area contributed by atoms with E-state index >= 15 is 0 Å². The number of H-pyrrole nitrogens is 1. The average Bonchev–Trinajstić information content (AvgIpc) is 3.94. The van der Waals surface area contributed by atoms with Gasteiger partial charge in [0.15, 0.2) is 0 Å². The number of rotatable bonds is 8. The second kappa shape index (κ2) is 14.7. The molecule has 3 aliphatic heterocycles. The lowest BCUT2D eigenvalue weighted by Gasteiger charge is -2.34. The number of hydrogen-bond donors (Lipinski definition) is 3. The molecule has 0 aliphatic carbocycles. The lowest BCUT2D eigenvalue weighted by Crippen LogP contribution is -2.58. The van der Waals surface area contributed by atoms with Gasteiger partial charge in [0.1, 0.15) is 11.9 Å². The van der Waals surface area contributed by atoms with Crippen LogP contribution in [0.2, 0.25) is 0 Å². The molecule has 2 fully saturated rings. The summed E-state index contributed by atoms with van der Waals surface area (Å²) in [4.78, 5) is 55.3. The molecule has 1 aromatic heterocycles. The maximum atomic E-state index is 13.6. The summed E-state index contributed by atoms with van der Waals surface area (Å²) in [6.45, 7) is 10.5. The van der Waals surface area contributed by atoms with Gasteiger partial charge in [-0.1, -0.05) is 44.7 Å². The molecule has 3 aliphatic rings. The maximum absolute atomic E-state index is 13.6. The van der Waals surface area contributed by atoms with E-state index in [0.29, 0.717) is 24.7 Å². The fourth-order valence-corrected chi connectivity index (χ4v) is 7.13. The highest BCUT2D eigenvalue weighted by atomic mass is 16.5. The van der Waals surface area contributed by atoms with Crippen LogP contribution in [0.1, 0.15) is 95.3 Å². The lowest BCUT2D eigenvalue weighted by molar-refractivity contribution is -0.140. The van der Waals surface area contributed by atoms with Crippen LogP contribution < -0.4 is 5.32 Å². The van der Waals surface area contributed by atoms with Crippen LogP contribution in [0.5, 0.6) is 0 Å². The highest BCUT2D eigenvalue weighted by Crippen LogP contribution is 2.34. The van der Waals surface area contributed by atoms with Crippen molar-refractivity contribution in [3.05, 3.63) is 71.2 Å². The molecular formula is C40H48N6O5. The van der Waals surface area contributed by atoms with Crippen LogP contribution in [0.4, 0.5) is 4.79 Å². The zero-order valence-corrected chi connectivity index (χ0v) is 30.3. The van der Waals surface area contributed by atoms with Gasteiger partial charge in [0.25, 0.3) is 0 Å². The van der Waals surface area contributed by atoms with Crippen LogP contribution in [0, 0.1) is 23.7 Å². The number of alkyl carbamates (subject to hydrolysis) is 1. The Balaban J connectivity index is 1.10. The molecule has 0 radical (unpaired) electrons. The summed E-state index contributed by atoms with van der Waals surface area (Å²) >= 11 is 0. The topological polar surface area (TPSA) is 140 Å². The van der Waals surface area contributed by atoms with Gasteiger partial charge in [-0.15, -0.1) is 0 Å². The number of likely N-dealkylation sites (tertiary alicyclic amines) is 2. The summed E-state index contributed by atoms with van der Waals surface area (Å²) in [7, 11) is 1.22. The molecule has 51 heavy (non-hydrogen) atoms. The molecule has 3 amide bonds. The van der Waals surface area contributed by atoms with Crippen LogP contribution in [0.25, 0.3) is 16.6 Å². The van der Waals surface area contributed by atoms with Crippen molar-refractivity contribution in [2.45, 2.75) is 90.4 Å². The molecule has 6 rings (SSSR count). The van der Waals surface area contributed by atoms with E-state index in [1.807, 2.05) is 48.4 Å². The summed E-state index contributed by atoms with van der Waals surface area (Å²) in [5.74, 6) is 7.34. The number of carbonyl (C=O) groups excluding carboxylic acids is 3. The van der Waals surface area contributed by atoms with Gasteiger partial charge in [-0.05, 0) is 86.9 Å². The standard InChI is InChI=1S/C40H48N6O5/c1-24(2)25(3)37(47)45-19-7-9-33(45)32-22-29(23-41-32)28-16-13-26(14-17-28)11-12-27-15-18-30-31(21-27)43-36(42-30)34-10-8-20-46(34)38(48)35(40(4,5)50)44-39(49)51-6/h13-18,21,23-25,33-35,50H,7-10,19-20,22H2,1-6H3,(H,42,43)(H,44,49)/t25-,33-,34-,35+/m0/s1. The van der Waals surface area contributed by atoms with E-state index in [4.69, 9.17) is 9.98 Å². The normalized spacial score (nSPS) is 20.2. The van der Waals surface area contributed by atoms with Crippen LogP contribution in [0.15, 0.2) is 53.7 Å². The number of aromatic nitrogens is 2. The second-order valence-corrected chi connectivity index (χ2v) is 14.8. The number of aromatic amines is 1. The van der Waals surface area contributed by atoms with Crippen molar-refractivity contribution >= 4 is 40.2 Å². The zero-order chi connectivity index (χ0) is 36.4. The SMILES string of the molecule is COC(=O)N[C@H](C(=O)N1CCC[C@H]1c1nc2ccc(C#Cc3ccc(C4=CN=C([C@@H]5CCCN5C(=O)[C@@H](C)C(C)C)C4)cc3)cc2[nH]1)C(C)(C)O. The van der Waals surface area contributed by atoms with Crippen molar-refractivity contribution in [3.63, 3.8) is 0 Å². The number of hydrogen-bond acceptors (Lipinski definition) is 7. The second-order valence-electron chi connectivity index (χ2n) is 14.8. The van der Waals surface area contributed by atoms with Crippen LogP contribution in [-0.4, -0.2) is 86.4 Å². The first-order chi connectivity index (χ1) is 24.3. The minimum Gasteiger partial charge on any atom is -0.453 e. The zero-order valence-electron chi connectivity index (χ0n) is 30.3. The molecule has 0 bridgehead atoms. The van der Waals surface area contributed by atoms with E-state index < -0.39 is 23.6 Å². The molecule has 11 heteroatoms. The number of benzene rings is 2. The lowest BCUT2D eigenvalue weighted by atomic mass is 9.94. The molecule has 3 aromatic rings. The molecular weight excluding hydrogens is 644 g/mol. The van der Waals surface area contributed by atoms with Gasteiger partial charge >= 0.3 is 6.09 Å². The first-order valence-corrected chi connectivity index (χ1v) is 17.9. The summed E-state index contributed by atoms with van der Waals surface area (Å²) in [5, 5.41) is 13.2. The molecule has 2 aromatic carbocycles. The third-order valence-electron chi connectivity index (χ3n) is 10.4. The van der Waals surface area contributed by atoms with Gasteiger partial charge in [-0.3, -0.25) is 14.6 Å². The Morgan fingerprint density at radius 2 is 1.61 bits per heavy atom. The number of methoxy groups -OCH3 is 1. The molecule has 268 valence electrons. The highest BCUT2D eigenvalue weighted by molar-refractivity contribution is 6.03. The number of carbonyl (C=O) groups is 3. The van der Waals surface area contributed by atoms with Gasteiger partial charge < -0.3 is 29.9 Å². The highest BCUT2D eigenvalue weighted by Gasteiger charge is 2.42. The maximum Gasteiger partial charge on any atom is 0.407 e. The van der Waals surface area contributed by atoms with Crippen molar-refractivity contribution < 1.29 is 24.2 Å². The minimum atomic E-state index is -1.50. The summed E-state index contributed by atoms with van der Waals surface area (Å²) in [6.07, 6.45) is 5.36. The summed E-state index contributed by atoms with van der Waals surface area (Å²) in [5.41, 5.74) is 5.11. The Morgan fingerprint density at radius 1 is 0.961 bits per heavy atom. The first kappa shape index (κ1) is 35.9. The van der Waals surface area contributed by atoms with Gasteiger partial charge in [0, 0.05) is 48.5 Å². The van der Waals surface area contributed by atoms with E-state index in [0.717, 1.165) is 71.2 Å². The number of allylic oxidation sites excluding steroid dienone is 1. The van der Waals surface area contributed by atoms with Crippen LogP contribution in [0.3, 0.4) is 0 Å². The molecule has 4 heterocycles. The molecule has 2 saturated heterocycles. The average molecular weight is 693 g/mol. The number of fused-ring (bicyclic) bond motifs is 1. The number of nitrogens with zero attached hydrogens (tertiary/aromatic N) is 4. The van der Waals surface area contributed by atoms with Crippen molar-refractivity contribution in [2.75, 3.05) is 20.2 Å². The van der Waals surface area contributed by atoms with Gasteiger partial charge in [-0.25, -0.2) is 9.78 Å². The van der Waals surface area contributed by atoms with Gasteiger partial charge in [-0.2, -0.15) is 0 Å². The largest absolute Gasteiger partial charge is 0.453 e. The smallest absolute Gasteiger partial charge is 0.407 e. The molecule has 0 saturated carbocycles. The molecule has 0 unspecified atom stereocenters. The van der Waals surface area contributed by atoms with E-state index in [-0.39, 0.29) is 23.9 Å². The fourth-order valence-electron chi connectivity index (χ4n) is 7.13. The van der Waals surface area contributed by atoms with Gasteiger partial charge in [0.2, 0.25) is 11.8 Å². The third kappa shape index (κ3) is 7.71. The predicted octanol–water partition coefficient (Wildman–Crippen LogP) is 5.59. The van der Waals surface area contributed by atoms with Crippen molar-refractivity contribution in [1.29, 1.82) is 0 Å². The number of nitrogens with one attached hydrogen (secondary N) is 2. The number of aliphatic hydroxyl groups is 1. The minimum absolute atomic E-state index is 0.00554. The first-order valence-electron chi connectivity index (χ1n) is 17.9. The Kier molecular flexibility index (Phi) is 10.4. The Labute approximate surface area is 299 Å². The van der Waals surface area contributed by atoms with E-state index in [2.05, 4.69) is 52.9 Å². The Morgan fingerprint density at radius 3 is 2.27 bits per heavy atom. The fraction of sp³-hybridized carbons (Fsp3) is 0.475. The number of amides is 3. The van der Waals surface area contributed by atoms with E-state index in [9.17, 15) is 19.5 Å².